The van der Waals surface area contributed by atoms with Gasteiger partial charge in [0.15, 0.2) is 11.6 Å². The van der Waals surface area contributed by atoms with Gasteiger partial charge in [-0.25, -0.2) is 28.3 Å². The van der Waals surface area contributed by atoms with Gasteiger partial charge in [0, 0.05) is 56.9 Å². The van der Waals surface area contributed by atoms with Gasteiger partial charge in [-0.3, -0.25) is 18.9 Å². The van der Waals surface area contributed by atoms with Gasteiger partial charge in [-0.05, 0) is 13.0 Å². The number of carbonyl (C=O) groups is 4. The highest BCUT2D eigenvalue weighted by molar-refractivity contribution is 5.95. The minimum absolute atomic E-state index is 0.0190. The number of hydrogen-bond donors (Lipinski definition) is 2. The molecule has 2 aliphatic rings. The first kappa shape index (κ1) is 28.5. The Balaban J connectivity index is 1.13. The molecule has 222 valence electrons. The monoisotopic (exact) mass is 586 g/mol. The molecule has 0 spiro atoms. The van der Waals surface area contributed by atoms with Gasteiger partial charge in [0.05, 0.1) is 31.9 Å². The van der Waals surface area contributed by atoms with E-state index in [2.05, 4.69) is 20.6 Å². The third-order valence-electron chi connectivity index (χ3n) is 6.75. The van der Waals surface area contributed by atoms with Crippen molar-refractivity contribution in [2.24, 2.45) is 0 Å². The maximum absolute atomic E-state index is 15.1. The lowest BCUT2D eigenvalue weighted by molar-refractivity contribution is -0.130. The van der Waals surface area contributed by atoms with Crippen molar-refractivity contribution in [2.45, 2.75) is 13.0 Å². The number of cyclic esters (lactones) is 1. The molecule has 1 atom stereocenters. The molecule has 14 nitrogen and oxygen atoms in total. The van der Waals surface area contributed by atoms with Gasteiger partial charge in [-0.1, -0.05) is 0 Å². The second-order valence-corrected chi connectivity index (χ2v) is 9.48. The number of aromatic nitrogens is 3. The largest absolute Gasteiger partial charge is 0.450 e. The SMILES string of the molecule is CCOC(=O)NCC1CN(c2cc(F)c(N3CCN(C(=O)CNC(=O)c4cn5cccnc5n4)CC3)c(F)c2)C(=O)O1. The number of hydrogen-bond acceptors (Lipinski definition) is 9. The molecule has 2 saturated heterocycles. The number of carbonyl (C=O) groups excluding carboxylic acids is 4. The van der Waals surface area contributed by atoms with Crippen molar-refractivity contribution in [3.63, 3.8) is 0 Å². The minimum Gasteiger partial charge on any atom is -0.450 e. The van der Waals surface area contributed by atoms with Crippen LogP contribution in [0.15, 0.2) is 36.8 Å². The Morgan fingerprint density at radius 2 is 1.86 bits per heavy atom. The minimum atomic E-state index is -0.875. The van der Waals surface area contributed by atoms with Gasteiger partial charge in [0.2, 0.25) is 11.7 Å². The van der Waals surface area contributed by atoms with Crippen LogP contribution in [0.1, 0.15) is 17.4 Å². The Morgan fingerprint density at radius 3 is 2.55 bits per heavy atom. The Labute approximate surface area is 238 Å². The summed E-state index contributed by atoms with van der Waals surface area (Å²) in [5.74, 6) is -2.27. The summed E-state index contributed by atoms with van der Waals surface area (Å²) >= 11 is 0. The van der Waals surface area contributed by atoms with Crippen LogP contribution < -0.4 is 20.4 Å². The second-order valence-electron chi connectivity index (χ2n) is 9.48. The van der Waals surface area contributed by atoms with Crippen LogP contribution in [0.5, 0.6) is 0 Å². The molecule has 0 radical (unpaired) electrons. The number of halogens is 2. The molecule has 3 aromatic rings. The lowest BCUT2D eigenvalue weighted by atomic mass is 10.2. The highest BCUT2D eigenvalue weighted by Gasteiger charge is 2.34. The highest BCUT2D eigenvalue weighted by atomic mass is 19.1. The van der Waals surface area contributed by atoms with Crippen molar-refractivity contribution in [1.82, 2.24) is 29.9 Å². The summed E-state index contributed by atoms with van der Waals surface area (Å²) in [7, 11) is 0. The maximum atomic E-state index is 15.1. The number of nitrogens with one attached hydrogen (secondary N) is 2. The number of amides is 4. The van der Waals surface area contributed by atoms with E-state index in [4.69, 9.17) is 9.47 Å². The van der Waals surface area contributed by atoms with Gasteiger partial charge >= 0.3 is 12.2 Å². The fourth-order valence-electron chi connectivity index (χ4n) is 4.71. The third-order valence-corrected chi connectivity index (χ3v) is 6.75. The van der Waals surface area contributed by atoms with Crippen molar-refractivity contribution in [3.8, 4) is 0 Å². The van der Waals surface area contributed by atoms with Crippen LogP contribution in [-0.4, -0.2) is 102 Å². The smallest absolute Gasteiger partial charge is 0.414 e. The summed E-state index contributed by atoms with van der Waals surface area (Å²) in [6.07, 6.45) is 2.56. The molecule has 0 saturated carbocycles. The zero-order valence-corrected chi connectivity index (χ0v) is 22.6. The molecule has 1 unspecified atom stereocenters. The van der Waals surface area contributed by atoms with E-state index < -0.39 is 35.8 Å². The van der Waals surface area contributed by atoms with E-state index in [1.165, 1.54) is 16.0 Å². The molecule has 2 aliphatic heterocycles. The van der Waals surface area contributed by atoms with Crippen molar-refractivity contribution < 1.29 is 37.4 Å². The highest BCUT2D eigenvalue weighted by Crippen LogP contribution is 2.31. The summed E-state index contributed by atoms with van der Waals surface area (Å²) in [4.78, 5) is 61.1. The van der Waals surface area contributed by atoms with Crippen LogP contribution in [-0.2, 0) is 14.3 Å². The van der Waals surface area contributed by atoms with E-state index >= 15 is 8.78 Å². The van der Waals surface area contributed by atoms with E-state index in [0.717, 1.165) is 17.0 Å². The molecule has 2 fully saturated rings. The van der Waals surface area contributed by atoms with E-state index in [9.17, 15) is 19.2 Å². The molecule has 4 amide bonds. The Kier molecular flexibility index (Phi) is 8.31. The molecule has 2 aromatic heterocycles. The number of nitrogens with zero attached hydrogens (tertiary/aromatic N) is 6. The second kappa shape index (κ2) is 12.2. The topological polar surface area (TPSA) is 151 Å². The summed E-state index contributed by atoms with van der Waals surface area (Å²) in [5, 5.41) is 5.00. The zero-order valence-electron chi connectivity index (χ0n) is 22.6. The average molecular weight is 587 g/mol. The van der Waals surface area contributed by atoms with Crippen molar-refractivity contribution in [1.29, 1.82) is 0 Å². The number of piperazine rings is 1. The number of ether oxygens (including phenoxy) is 2. The van der Waals surface area contributed by atoms with E-state index in [0.29, 0.717) is 5.78 Å². The van der Waals surface area contributed by atoms with Crippen LogP contribution in [0.3, 0.4) is 0 Å². The summed E-state index contributed by atoms with van der Waals surface area (Å²) in [6, 6.07) is 3.78. The van der Waals surface area contributed by atoms with Crippen molar-refractivity contribution >= 4 is 41.2 Å². The number of anilines is 2. The standard InChI is InChI=1S/C26H28F2N8O6/c1-2-41-25(39)31-12-17-14-36(26(40)42-17)16-10-18(27)22(19(28)11-16)34-8-6-33(7-9-34)21(37)13-30-23(38)20-15-35-5-3-4-29-24(35)32-20/h3-5,10-11,15,17H,2,6-9,12-14H2,1H3,(H,30,38)(H,31,39). The fourth-order valence-corrected chi connectivity index (χ4v) is 4.71. The quantitative estimate of drug-likeness (QED) is 0.396. The van der Waals surface area contributed by atoms with Crippen LogP contribution >= 0.6 is 0 Å². The molecule has 0 aliphatic carbocycles. The Bertz CT molecular complexity index is 1450. The first-order chi connectivity index (χ1) is 20.2. The molecule has 0 bridgehead atoms. The molecule has 4 heterocycles. The Morgan fingerprint density at radius 1 is 1.12 bits per heavy atom. The lowest BCUT2D eigenvalue weighted by Crippen LogP contribution is -2.51. The molecule has 16 heteroatoms. The first-order valence-electron chi connectivity index (χ1n) is 13.2. The summed E-state index contributed by atoms with van der Waals surface area (Å²) < 4.78 is 41.8. The first-order valence-corrected chi connectivity index (χ1v) is 13.2. The average Bonchev–Trinajstić information content (AvgIpc) is 3.58. The third kappa shape index (κ3) is 6.16. The lowest BCUT2D eigenvalue weighted by Gasteiger charge is -2.36. The summed E-state index contributed by atoms with van der Waals surface area (Å²) in [6.45, 7) is 2.19. The van der Waals surface area contributed by atoms with Gasteiger partial charge in [-0.15, -0.1) is 0 Å². The van der Waals surface area contributed by atoms with Gasteiger partial charge < -0.3 is 29.9 Å². The van der Waals surface area contributed by atoms with Gasteiger partial charge in [0.1, 0.15) is 17.5 Å². The van der Waals surface area contributed by atoms with Gasteiger partial charge in [-0.2, -0.15) is 0 Å². The number of alkyl carbamates (subject to hydrolysis) is 1. The number of fused-ring (bicyclic) bond motifs is 1. The molecular formula is C26H28F2N8O6. The van der Waals surface area contributed by atoms with Crippen LogP contribution in [0.2, 0.25) is 0 Å². The molecule has 1 aromatic carbocycles. The zero-order chi connectivity index (χ0) is 29.8. The van der Waals surface area contributed by atoms with Crippen LogP contribution in [0.25, 0.3) is 5.78 Å². The molecule has 42 heavy (non-hydrogen) atoms. The summed E-state index contributed by atoms with van der Waals surface area (Å²) in [5.41, 5.74) is -0.178. The Hall–Kier alpha value is -5.02. The predicted molar refractivity (Wildman–Crippen MR) is 143 cm³/mol. The maximum Gasteiger partial charge on any atom is 0.414 e. The van der Waals surface area contributed by atoms with Gasteiger partial charge in [0.25, 0.3) is 5.91 Å². The van der Waals surface area contributed by atoms with Crippen molar-refractivity contribution in [3.05, 3.63) is 54.1 Å². The normalized spacial score (nSPS) is 16.9. The number of benzene rings is 1. The fraction of sp³-hybridized carbons (Fsp3) is 0.385. The van der Waals surface area contributed by atoms with E-state index in [-0.39, 0.29) is 75.4 Å². The predicted octanol–water partition coefficient (Wildman–Crippen LogP) is 1.16. The van der Waals surface area contributed by atoms with Crippen LogP contribution in [0.4, 0.5) is 29.7 Å². The molecular weight excluding hydrogens is 558 g/mol. The van der Waals surface area contributed by atoms with E-state index in [1.807, 2.05) is 0 Å². The van der Waals surface area contributed by atoms with E-state index in [1.54, 1.807) is 29.8 Å². The number of rotatable bonds is 8. The number of imidazole rings is 1. The van der Waals surface area contributed by atoms with Crippen LogP contribution in [0, 0.1) is 11.6 Å². The van der Waals surface area contributed by atoms with Crippen molar-refractivity contribution in [2.75, 3.05) is 62.2 Å². The molecule has 5 rings (SSSR count). The molecule has 2 N–H and O–H groups in total.